The molecule has 0 aromatic rings. The van der Waals surface area contributed by atoms with E-state index < -0.39 is 0 Å². The Morgan fingerprint density at radius 3 is 1.89 bits per heavy atom. The third kappa shape index (κ3) is 8.50. The van der Waals surface area contributed by atoms with Crippen molar-refractivity contribution in [2.45, 2.75) is 41.5 Å². The molecule has 0 atom stereocenters. The topological polar surface area (TPSA) is 0 Å². The summed E-state index contributed by atoms with van der Waals surface area (Å²) in [5, 5.41) is 0. The number of hydrogen-bond acceptors (Lipinski definition) is 1. The van der Waals surface area contributed by atoms with Crippen LogP contribution in [0.1, 0.15) is 41.5 Å². The van der Waals surface area contributed by atoms with Gasteiger partial charge in [0, 0.05) is 4.91 Å². The third-order valence-corrected chi connectivity index (χ3v) is 3.70. The average Bonchev–Trinajstić information content (AvgIpc) is 2.32. The molecule has 0 saturated heterocycles. The molecule has 0 amide bonds. The van der Waals surface area contributed by atoms with Gasteiger partial charge in [-0.1, -0.05) is 59.9 Å². The highest BCUT2D eigenvalue weighted by molar-refractivity contribution is 8.06. The predicted octanol–water partition coefficient (Wildman–Crippen LogP) is 6.57. The Morgan fingerprint density at radius 1 is 0.842 bits per heavy atom. The highest BCUT2D eigenvalue weighted by atomic mass is 32.2. The molecule has 0 nitrogen and oxygen atoms in total. The van der Waals surface area contributed by atoms with Crippen LogP contribution in [0, 0.1) is 0 Å². The fourth-order valence-corrected chi connectivity index (χ4v) is 1.73. The molecule has 0 heterocycles. The molecule has 0 fully saturated rings. The number of allylic oxidation sites excluding steroid dienone is 9. The number of hydrogen-bond donors (Lipinski definition) is 0. The predicted molar refractivity (Wildman–Crippen MR) is 92.2 cm³/mol. The van der Waals surface area contributed by atoms with E-state index in [0.717, 1.165) is 10.5 Å². The summed E-state index contributed by atoms with van der Waals surface area (Å²) in [5.41, 5.74) is 4.94. The molecular weight excluding hydrogens is 248 g/mol. The molecule has 0 bridgehead atoms. The van der Waals surface area contributed by atoms with Crippen molar-refractivity contribution in [3.63, 3.8) is 0 Å². The molecule has 0 saturated carbocycles. The van der Waals surface area contributed by atoms with E-state index in [4.69, 9.17) is 0 Å². The maximum atomic E-state index is 4.06. The van der Waals surface area contributed by atoms with Gasteiger partial charge in [-0.3, -0.25) is 0 Å². The van der Waals surface area contributed by atoms with Crippen molar-refractivity contribution in [3.8, 4) is 0 Å². The summed E-state index contributed by atoms with van der Waals surface area (Å²) >= 11 is 1.69. The first-order chi connectivity index (χ1) is 8.73. The highest BCUT2D eigenvalue weighted by Gasteiger charge is 1.94. The number of rotatable bonds is 6. The van der Waals surface area contributed by atoms with Crippen LogP contribution in [0.4, 0.5) is 0 Å². The van der Waals surface area contributed by atoms with Gasteiger partial charge in [0.15, 0.2) is 0 Å². The Labute approximate surface area is 123 Å². The van der Waals surface area contributed by atoms with Crippen LogP contribution in [0.2, 0.25) is 0 Å². The van der Waals surface area contributed by atoms with Gasteiger partial charge in [0.2, 0.25) is 0 Å². The lowest BCUT2D eigenvalue weighted by Gasteiger charge is -2.01. The van der Waals surface area contributed by atoms with Crippen molar-refractivity contribution in [1.29, 1.82) is 0 Å². The van der Waals surface area contributed by atoms with E-state index >= 15 is 0 Å². The summed E-state index contributed by atoms with van der Waals surface area (Å²) in [4.78, 5) is 2.28. The van der Waals surface area contributed by atoms with Crippen molar-refractivity contribution in [1.82, 2.24) is 0 Å². The van der Waals surface area contributed by atoms with Crippen molar-refractivity contribution >= 4 is 11.8 Å². The Bertz CT molecular complexity index is 464. The first-order valence-electron chi connectivity index (χ1n) is 6.44. The Hall–Kier alpha value is -1.21. The third-order valence-electron chi connectivity index (χ3n) is 2.84. The van der Waals surface area contributed by atoms with Gasteiger partial charge < -0.3 is 0 Å². The molecule has 0 aliphatic rings. The largest absolute Gasteiger partial charge is 0.0958 e. The second kappa shape index (κ2) is 8.82. The van der Waals surface area contributed by atoms with Crippen LogP contribution in [0.3, 0.4) is 0 Å². The van der Waals surface area contributed by atoms with Crippen LogP contribution in [-0.2, 0) is 0 Å². The Balaban J connectivity index is 4.59. The van der Waals surface area contributed by atoms with Gasteiger partial charge in [-0.05, 0) is 58.1 Å². The minimum Gasteiger partial charge on any atom is -0.0958 e. The summed E-state index contributed by atoms with van der Waals surface area (Å²) in [6.07, 6.45) is 8.40. The van der Waals surface area contributed by atoms with Gasteiger partial charge in [0.05, 0.1) is 0 Å². The standard InChI is InChI=1S/C18H26S/c1-13(2)15(5)9-11-17(7)19-18(8)12-10-16(6)14(3)4/h9-12H,1,8H2,2-7H3/b12-10-,15-9-,17-11+. The molecule has 0 aliphatic heterocycles. The zero-order chi connectivity index (χ0) is 15.0. The fourth-order valence-electron chi connectivity index (χ4n) is 1.04. The average molecular weight is 274 g/mol. The molecule has 0 aliphatic carbocycles. The number of thioether (sulfide) groups is 1. The Kier molecular flexibility index (Phi) is 8.26. The lowest BCUT2D eigenvalue weighted by atomic mass is 10.1. The van der Waals surface area contributed by atoms with Gasteiger partial charge in [-0.15, -0.1) is 0 Å². The van der Waals surface area contributed by atoms with Gasteiger partial charge in [0.25, 0.3) is 0 Å². The molecular formula is C18H26S. The van der Waals surface area contributed by atoms with Gasteiger partial charge in [-0.2, -0.15) is 0 Å². The zero-order valence-electron chi connectivity index (χ0n) is 13.1. The first kappa shape index (κ1) is 17.8. The van der Waals surface area contributed by atoms with Crippen LogP contribution < -0.4 is 0 Å². The maximum absolute atomic E-state index is 4.06. The first-order valence-corrected chi connectivity index (χ1v) is 7.25. The second-order valence-corrected chi connectivity index (χ2v) is 6.36. The van der Waals surface area contributed by atoms with E-state index in [1.807, 2.05) is 6.92 Å². The van der Waals surface area contributed by atoms with Gasteiger partial charge in [0.1, 0.15) is 0 Å². The van der Waals surface area contributed by atoms with Crippen molar-refractivity contribution in [2.24, 2.45) is 0 Å². The van der Waals surface area contributed by atoms with E-state index in [1.54, 1.807) is 11.8 Å². The van der Waals surface area contributed by atoms with Crippen molar-refractivity contribution in [2.75, 3.05) is 0 Å². The van der Waals surface area contributed by atoms with E-state index in [1.165, 1.54) is 21.6 Å². The SMILES string of the molecule is C=C(/C=C\C(C)=C(C)C)S/C(C)=C/C=C(/C)C(=C)C. The van der Waals surface area contributed by atoms with Crippen LogP contribution in [0.15, 0.2) is 69.6 Å². The smallest absolute Gasteiger partial charge is 0.00467 e. The van der Waals surface area contributed by atoms with E-state index in [2.05, 4.69) is 72.1 Å². The molecule has 0 unspecified atom stereocenters. The van der Waals surface area contributed by atoms with Gasteiger partial charge in [-0.25, -0.2) is 0 Å². The summed E-state index contributed by atoms with van der Waals surface area (Å²) in [7, 11) is 0. The Morgan fingerprint density at radius 2 is 1.42 bits per heavy atom. The molecule has 0 N–H and O–H groups in total. The summed E-state index contributed by atoms with van der Waals surface area (Å²) in [6.45, 7) is 20.5. The van der Waals surface area contributed by atoms with Gasteiger partial charge >= 0.3 is 0 Å². The monoisotopic (exact) mass is 274 g/mol. The van der Waals surface area contributed by atoms with Crippen LogP contribution in [0.5, 0.6) is 0 Å². The molecule has 0 radical (unpaired) electrons. The van der Waals surface area contributed by atoms with E-state index in [9.17, 15) is 0 Å². The van der Waals surface area contributed by atoms with Crippen LogP contribution >= 0.6 is 11.8 Å². The quantitative estimate of drug-likeness (QED) is 0.493. The molecule has 104 valence electrons. The lowest BCUT2D eigenvalue weighted by Crippen LogP contribution is -1.76. The zero-order valence-corrected chi connectivity index (χ0v) is 13.9. The van der Waals surface area contributed by atoms with E-state index in [0.29, 0.717) is 0 Å². The molecule has 1 heteroatoms. The van der Waals surface area contributed by atoms with E-state index in [-0.39, 0.29) is 0 Å². The normalized spacial score (nSPS) is 12.7. The molecule has 0 aromatic heterocycles. The highest BCUT2D eigenvalue weighted by Crippen LogP contribution is 2.25. The van der Waals surface area contributed by atoms with Crippen molar-refractivity contribution in [3.05, 3.63) is 69.6 Å². The lowest BCUT2D eigenvalue weighted by molar-refractivity contribution is 1.29. The molecule has 0 aromatic carbocycles. The molecule has 0 rings (SSSR count). The summed E-state index contributed by atoms with van der Waals surface area (Å²) in [6, 6.07) is 0. The minimum atomic E-state index is 1.05. The van der Waals surface area contributed by atoms with Crippen LogP contribution in [-0.4, -0.2) is 0 Å². The van der Waals surface area contributed by atoms with Crippen LogP contribution in [0.25, 0.3) is 0 Å². The minimum absolute atomic E-state index is 1.05. The molecule has 19 heavy (non-hydrogen) atoms. The molecule has 0 spiro atoms. The summed E-state index contributed by atoms with van der Waals surface area (Å²) < 4.78 is 0. The second-order valence-electron chi connectivity index (χ2n) is 4.99. The fraction of sp³-hybridized carbons (Fsp3) is 0.333. The van der Waals surface area contributed by atoms with Crippen molar-refractivity contribution < 1.29 is 0 Å². The maximum Gasteiger partial charge on any atom is 0.00467 e. The summed E-state index contributed by atoms with van der Waals surface area (Å²) in [5.74, 6) is 0.